The summed E-state index contributed by atoms with van der Waals surface area (Å²) in [6, 6.07) is -0.703. The number of aliphatic hydroxyl groups excluding tert-OH is 2. The number of ketones is 2. The Labute approximate surface area is 201 Å². The number of carbonyl (C=O) groups excluding carboxylic acids is 3. The molecule has 4 atom stereocenters. The molecule has 2 unspecified atom stereocenters. The summed E-state index contributed by atoms with van der Waals surface area (Å²) in [5.74, 6) is -9.57. The van der Waals surface area contributed by atoms with Crippen molar-refractivity contribution in [2.24, 2.45) is 17.6 Å². The van der Waals surface area contributed by atoms with Crippen LogP contribution in [-0.2, 0) is 16.0 Å². The molecule has 1 amide bonds. The van der Waals surface area contributed by atoms with Crippen LogP contribution in [0.5, 0.6) is 5.75 Å². The first kappa shape index (κ1) is 24.7. The molecule has 0 radical (unpaired) electrons. The van der Waals surface area contributed by atoms with Gasteiger partial charge in [0.2, 0.25) is 11.5 Å². The number of nitrogens with zero attached hydrogens (tertiary/aromatic N) is 3. The topological polar surface area (TPSA) is 248 Å². The number of fused-ring (bicyclic) bond motifs is 3. The fourth-order valence-corrected chi connectivity index (χ4v) is 5.59. The van der Waals surface area contributed by atoms with Gasteiger partial charge in [-0.05, 0) is 32.9 Å². The number of benzene rings is 1. The number of hydrogen-bond acceptors (Lipinski definition) is 12. The lowest BCUT2D eigenvalue weighted by atomic mass is 9.58. The summed E-state index contributed by atoms with van der Waals surface area (Å²) in [6.45, 7) is 0. The number of phenolic OH excluding ortho intramolecular Hbond substituents is 1. The molecule has 0 saturated heterocycles. The minimum atomic E-state index is -2.90. The molecular formula is C21H20N4O11. The Kier molecular flexibility index (Phi) is 5.38. The Balaban J connectivity index is 2.02. The Bertz CT molecular complexity index is 1360. The SMILES string of the molecule is CN(C)[C@@H]1C(O)=C(C(N)=O)C(=O)[C@@]2(O)C(O)=C3C(=O)c4c(O)c([N+](=O)[O-])cc([N+](=O)[O-])c4CC3CC12. The number of primary amides is 1. The summed E-state index contributed by atoms with van der Waals surface area (Å²) in [6.07, 6.45) is -0.642. The lowest BCUT2D eigenvalue weighted by molar-refractivity contribution is -0.395. The number of phenols is 1. The van der Waals surface area contributed by atoms with E-state index < -0.39 is 96.2 Å². The first-order valence-corrected chi connectivity index (χ1v) is 10.5. The number of aliphatic hydroxyl groups is 3. The molecule has 190 valence electrons. The van der Waals surface area contributed by atoms with Crippen LogP contribution in [0.4, 0.5) is 11.4 Å². The first-order valence-electron chi connectivity index (χ1n) is 10.5. The molecule has 6 N–H and O–H groups in total. The highest BCUT2D eigenvalue weighted by Gasteiger charge is 2.63. The number of likely N-dealkylation sites (N-methyl/N-ethyl adjacent to an activating group) is 1. The van der Waals surface area contributed by atoms with Crippen molar-refractivity contribution in [3.05, 3.63) is 60.1 Å². The largest absolute Gasteiger partial charge is 0.510 e. The van der Waals surface area contributed by atoms with E-state index in [1.165, 1.54) is 19.0 Å². The van der Waals surface area contributed by atoms with Gasteiger partial charge in [0.25, 0.3) is 11.6 Å². The lowest BCUT2D eigenvalue weighted by Gasteiger charge is -2.50. The van der Waals surface area contributed by atoms with Crippen molar-refractivity contribution in [1.82, 2.24) is 4.90 Å². The van der Waals surface area contributed by atoms with Crippen LogP contribution in [-0.4, -0.2) is 78.4 Å². The molecule has 1 aromatic rings. The number of amides is 1. The number of hydrogen-bond donors (Lipinski definition) is 5. The number of allylic oxidation sites excluding steroid dienone is 1. The van der Waals surface area contributed by atoms with E-state index >= 15 is 0 Å². The standard InChI is InChI=1S/C21H20N4O11/c1-23(2)14-8-4-6-3-7-9(24(33)34)5-10(25(35)36)15(26)12(7)16(27)11(6)18(29)21(8,32)19(30)13(17(14)28)20(22)31/h5-6,8,14,26,28-29,32H,3-4H2,1-2H3,(H2,22,31)/t6?,8?,14-,21-/m0/s1. The molecule has 1 aromatic carbocycles. The smallest absolute Gasteiger partial charge is 0.318 e. The van der Waals surface area contributed by atoms with E-state index in [-0.39, 0.29) is 18.4 Å². The lowest BCUT2D eigenvalue weighted by Crippen LogP contribution is -2.63. The van der Waals surface area contributed by atoms with E-state index in [1.807, 2.05) is 0 Å². The number of Topliss-reactive ketones (excluding diaryl/α,β-unsaturated/α-hetero) is 2. The third-order valence-electron chi connectivity index (χ3n) is 7.07. The average molecular weight is 504 g/mol. The zero-order valence-electron chi connectivity index (χ0n) is 18.8. The molecule has 0 heterocycles. The Morgan fingerprint density at radius 2 is 1.72 bits per heavy atom. The molecule has 0 aliphatic heterocycles. The van der Waals surface area contributed by atoms with Crippen LogP contribution < -0.4 is 5.73 Å². The maximum atomic E-state index is 13.4. The van der Waals surface area contributed by atoms with Crippen molar-refractivity contribution >= 4 is 28.8 Å². The highest BCUT2D eigenvalue weighted by Crippen LogP contribution is 2.54. The number of rotatable bonds is 4. The maximum Gasteiger partial charge on any atom is 0.318 e. The van der Waals surface area contributed by atoms with Crippen LogP contribution in [0.25, 0.3) is 0 Å². The van der Waals surface area contributed by atoms with E-state index in [9.17, 15) is 55.0 Å². The van der Waals surface area contributed by atoms with Crippen LogP contribution in [0.1, 0.15) is 22.3 Å². The molecule has 3 aliphatic carbocycles. The van der Waals surface area contributed by atoms with Gasteiger partial charge in [-0.1, -0.05) is 0 Å². The van der Waals surface area contributed by atoms with Crippen LogP contribution in [0.2, 0.25) is 0 Å². The van der Waals surface area contributed by atoms with Gasteiger partial charge in [-0.3, -0.25) is 39.5 Å². The van der Waals surface area contributed by atoms with E-state index in [0.29, 0.717) is 6.07 Å². The molecule has 0 saturated carbocycles. The molecule has 0 fully saturated rings. The number of carbonyl (C=O) groups is 3. The quantitative estimate of drug-likeness (QED) is 0.205. The molecule has 0 spiro atoms. The van der Waals surface area contributed by atoms with E-state index in [1.54, 1.807) is 0 Å². The average Bonchev–Trinajstić information content (AvgIpc) is 2.75. The molecule has 36 heavy (non-hydrogen) atoms. The highest BCUT2D eigenvalue weighted by molar-refractivity contribution is 6.25. The van der Waals surface area contributed by atoms with Gasteiger partial charge in [0.1, 0.15) is 17.1 Å². The second-order valence-electron chi connectivity index (χ2n) is 9.09. The fourth-order valence-electron chi connectivity index (χ4n) is 5.59. The van der Waals surface area contributed by atoms with Gasteiger partial charge in [0.05, 0.1) is 27.5 Å². The van der Waals surface area contributed by atoms with Crippen molar-refractivity contribution < 1.29 is 44.7 Å². The Morgan fingerprint density at radius 1 is 1.14 bits per heavy atom. The normalized spacial score (nSPS) is 27.5. The predicted molar refractivity (Wildman–Crippen MR) is 117 cm³/mol. The number of nitrogens with two attached hydrogens (primary N) is 1. The third-order valence-corrected chi connectivity index (χ3v) is 7.07. The van der Waals surface area contributed by atoms with Crippen molar-refractivity contribution in [2.75, 3.05) is 14.1 Å². The molecular weight excluding hydrogens is 484 g/mol. The van der Waals surface area contributed by atoms with E-state index in [4.69, 9.17) is 5.73 Å². The minimum absolute atomic E-state index is 0.277. The summed E-state index contributed by atoms with van der Waals surface area (Å²) >= 11 is 0. The minimum Gasteiger partial charge on any atom is -0.510 e. The van der Waals surface area contributed by atoms with Crippen molar-refractivity contribution in [3.8, 4) is 5.75 Å². The highest BCUT2D eigenvalue weighted by atomic mass is 16.6. The summed E-state index contributed by atoms with van der Waals surface area (Å²) in [5, 5.41) is 66.7. The molecule has 4 rings (SSSR count). The molecule has 0 bridgehead atoms. The number of nitro benzene ring substituents is 2. The van der Waals surface area contributed by atoms with Crippen molar-refractivity contribution in [1.29, 1.82) is 0 Å². The molecule has 15 heteroatoms. The first-order chi connectivity index (χ1) is 16.7. The van der Waals surface area contributed by atoms with E-state index in [2.05, 4.69) is 0 Å². The van der Waals surface area contributed by atoms with Crippen molar-refractivity contribution in [3.63, 3.8) is 0 Å². The van der Waals surface area contributed by atoms with Crippen LogP contribution in [0.15, 0.2) is 28.7 Å². The summed E-state index contributed by atoms with van der Waals surface area (Å²) in [7, 11) is 2.91. The summed E-state index contributed by atoms with van der Waals surface area (Å²) in [4.78, 5) is 60.8. The van der Waals surface area contributed by atoms with Crippen LogP contribution >= 0.6 is 0 Å². The fraction of sp³-hybridized carbons (Fsp3) is 0.381. The number of nitro groups is 2. The zero-order valence-corrected chi connectivity index (χ0v) is 18.8. The van der Waals surface area contributed by atoms with Gasteiger partial charge in [0.15, 0.2) is 11.4 Å². The van der Waals surface area contributed by atoms with Crippen LogP contribution in [0.3, 0.4) is 0 Å². The number of aromatic hydroxyl groups is 1. The second kappa shape index (κ2) is 7.82. The van der Waals surface area contributed by atoms with E-state index in [0.717, 1.165) is 0 Å². The second-order valence-corrected chi connectivity index (χ2v) is 9.09. The van der Waals surface area contributed by atoms with Gasteiger partial charge in [-0.2, -0.15) is 0 Å². The summed E-state index contributed by atoms with van der Waals surface area (Å²) < 4.78 is 0. The molecule has 15 nitrogen and oxygen atoms in total. The third kappa shape index (κ3) is 3.02. The van der Waals surface area contributed by atoms with Crippen LogP contribution in [0, 0.1) is 32.1 Å². The van der Waals surface area contributed by atoms with Gasteiger partial charge in [-0.25, -0.2) is 0 Å². The van der Waals surface area contributed by atoms with Gasteiger partial charge >= 0.3 is 5.69 Å². The van der Waals surface area contributed by atoms with Gasteiger partial charge < -0.3 is 26.2 Å². The molecule has 0 aromatic heterocycles. The maximum absolute atomic E-state index is 13.4. The zero-order chi connectivity index (χ0) is 27.0. The van der Waals surface area contributed by atoms with Gasteiger partial charge in [-0.15, -0.1) is 0 Å². The van der Waals surface area contributed by atoms with Crippen molar-refractivity contribution in [2.45, 2.75) is 24.5 Å². The predicted octanol–water partition coefficient (Wildman–Crippen LogP) is -0.0630. The van der Waals surface area contributed by atoms with Gasteiger partial charge in [0, 0.05) is 17.1 Å². The molecule has 3 aliphatic rings. The monoisotopic (exact) mass is 504 g/mol. The summed E-state index contributed by atoms with van der Waals surface area (Å²) in [5.41, 5.74) is -2.28. The Morgan fingerprint density at radius 3 is 2.22 bits per heavy atom. The Hall–Kier alpha value is -4.37.